The van der Waals surface area contributed by atoms with E-state index in [9.17, 15) is 14.9 Å². The summed E-state index contributed by atoms with van der Waals surface area (Å²) in [7, 11) is 1.53. The molecule has 22 heavy (non-hydrogen) atoms. The average Bonchev–Trinajstić information content (AvgIpc) is 2.54. The fraction of sp³-hybridized carbons (Fsp3) is 0.188. The third kappa shape index (κ3) is 3.22. The van der Waals surface area contributed by atoms with Crippen molar-refractivity contribution in [1.82, 2.24) is 0 Å². The number of esters is 1. The van der Waals surface area contributed by atoms with Crippen LogP contribution in [0.5, 0.6) is 5.75 Å². The first-order valence-corrected chi connectivity index (χ1v) is 6.66. The Morgan fingerprint density at radius 1 is 1.23 bits per heavy atom. The van der Waals surface area contributed by atoms with Gasteiger partial charge in [-0.2, -0.15) is 0 Å². The van der Waals surface area contributed by atoms with Gasteiger partial charge in [0.25, 0.3) is 5.69 Å². The number of methoxy groups -OCH3 is 1. The summed E-state index contributed by atoms with van der Waals surface area (Å²) < 4.78 is 10.2. The monoisotopic (exact) mass is 301 g/mol. The summed E-state index contributed by atoms with van der Waals surface area (Å²) in [4.78, 5) is 22.5. The van der Waals surface area contributed by atoms with Crippen LogP contribution in [0.3, 0.4) is 0 Å². The molecule has 2 aromatic rings. The van der Waals surface area contributed by atoms with Crippen LogP contribution in [-0.4, -0.2) is 24.6 Å². The second-order valence-corrected chi connectivity index (χ2v) is 4.44. The zero-order valence-corrected chi connectivity index (χ0v) is 12.2. The molecular weight excluding hydrogens is 286 g/mol. The topological polar surface area (TPSA) is 78.7 Å². The maximum atomic E-state index is 12.1. The Kier molecular flexibility index (Phi) is 4.73. The van der Waals surface area contributed by atoms with Crippen molar-refractivity contribution in [1.29, 1.82) is 0 Å². The van der Waals surface area contributed by atoms with Crippen LogP contribution in [0.25, 0.3) is 11.1 Å². The molecule has 0 atom stereocenters. The zero-order valence-electron chi connectivity index (χ0n) is 12.2. The predicted molar refractivity (Wildman–Crippen MR) is 81.0 cm³/mol. The molecule has 0 bridgehead atoms. The van der Waals surface area contributed by atoms with Gasteiger partial charge in [-0.1, -0.05) is 12.1 Å². The molecule has 6 heteroatoms. The van der Waals surface area contributed by atoms with Gasteiger partial charge in [0.05, 0.1) is 24.2 Å². The summed E-state index contributed by atoms with van der Waals surface area (Å²) >= 11 is 0. The Labute approximate surface area is 127 Å². The number of carbonyl (C=O) groups is 1. The molecule has 2 aromatic carbocycles. The van der Waals surface area contributed by atoms with E-state index in [1.807, 2.05) is 0 Å². The van der Waals surface area contributed by atoms with E-state index in [-0.39, 0.29) is 17.9 Å². The summed E-state index contributed by atoms with van der Waals surface area (Å²) in [5, 5.41) is 11.0. The summed E-state index contributed by atoms with van der Waals surface area (Å²) in [6.45, 7) is 1.93. The molecule has 0 heterocycles. The first-order valence-electron chi connectivity index (χ1n) is 6.66. The van der Waals surface area contributed by atoms with Gasteiger partial charge in [-0.15, -0.1) is 0 Å². The van der Waals surface area contributed by atoms with Crippen molar-refractivity contribution in [2.24, 2.45) is 0 Å². The average molecular weight is 301 g/mol. The number of carbonyl (C=O) groups excluding carboxylic acids is 1. The van der Waals surface area contributed by atoms with Gasteiger partial charge in [-0.25, -0.2) is 4.79 Å². The summed E-state index contributed by atoms with van der Waals surface area (Å²) in [6.07, 6.45) is 0. The maximum Gasteiger partial charge on any atom is 0.338 e. The van der Waals surface area contributed by atoms with Crippen molar-refractivity contribution in [2.45, 2.75) is 6.92 Å². The molecule has 0 aliphatic heterocycles. The molecule has 114 valence electrons. The minimum absolute atomic E-state index is 0.0918. The van der Waals surface area contributed by atoms with E-state index in [1.54, 1.807) is 31.2 Å². The summed E-state index contributed by atoms with van der Waals surface area (Å²) in [5.74, 6) is 0.0778. The van der Waals surface area contributed by atoms with Gasteiger partial charge >= 0.3 is 5.97 Å². The molecule has 6 nitrogen and oxygen atoms in total. The van der Waals surface area contributed by atoms with E-state index < -0.39 is 10.9 Å². The highest BCUT2D eigenvalue weighted by molar-refractivity contribution is 5.98. The molecule has 0 radical (unpaired) electrons. The number of hydrogen-bond acceptors (Lipinski definition) is 5. The van der Waals surface area contributed by atoms with E-state index in [0.29, 0.717) is 16.9 Å². The number of nitro benzene ring substituents is 1. The molecule has 0 aliphatic carbocycles. The van der Waals surface area contributed by atoms with Crippen molar-refractivity contribution >= 4 is 11.7 Å². The fourth-order valence-electron chi connectivity index (χ4n) is 2.06. The minimum atomic E-state index is -0.518. The lowest BCUT2D eigenvalue weighted by Crippen LogP contribution is -2.07. The van der Waals surface area contributed by atoms with Crippen molar-refractivity contribution in [3.8, 4) is 16.9 Å². The first kappa shape index (κ1) is 15.5. The molecule has 0 saturated heterocycles. The number of non-ortho nitro benzene ring substituents is 1. The Morgan fingerprint density at radius 3 is 2.64 bits per heavy atom. The molecule has 0 spiro atoms. The van der Waals surface area contributed by atoms with E-state index in [4.69, 9.17) is 9.47 Å². The van der Waals surface area contributed by atoms with Crippen LogP contribution >= 0.6 is 0 Å². The number of rotatable bonds is 5. The van der Waals surface area contributed by atoms with Crippen LogP contribution < -0.4 is 4.74 Å². The number of nitro groups is 1. The van der Waals surface area contributed by atoms with Gasteiger partial charge in [0, 0.05) is 17.7 Å². The number of benzene rings is 2. The largest absolute Gasteiger partial charge is 0.497 e. The molecule has 0 fully saturated rings. The lowest BCUT2D eigenvalue weighted by molar-refractivity contribution is -0.384. The highest BCUT2D eigenvalue weighted by Crippen LogP contribution is 2.30. The highest BCUT2D eigenvalue weighted by atomic mass is 16.6. The lowest BCUT2D eigenvalue weighted by atomic mass is 9.98. The Balaban J connectivity index is 2.60. The molecule has 0 saturated carbocycles. The van der Waals surface area contributed by atoms with Crippen molar-refractivity contribution < 1.29 is 19.2 Å². The van der Waals surface area contributed by atoms with Gasteiger partial charge in [0.2, 0.25) is 0 Å². The Hall–Kier alpha value is -2.89. The number of nitrogens with zero attached hydrogens (tertiary/aromatic N) is 1. The second-order valence-electron chi connectivity index (χ2n) is 4.44. The molecule has 2 rings (SSSR count). The molecule has 0 aromatic heterocycles. The quantitative estimate of drug-likeness (QED) is 0.480. The van der Waals surface area contributed by atoms with Crippen LogP contribution in [-0.2, 0) is 4.74 Å². The second kappa shape index (κ2) is 6.71. The number of hydrogen-bond donors (Lipinski definition) is 0. The Morgan fingerprint density at radius 2 is 2.00 bits per heavy atom. The smallest absolute Gasteiger partial charge is 0.338 e. The van der Waals surface area contributed by atoms with E-state index in [0.717, 1.165) is 0 Å². The zero-order chi connectivity index (χ0) is 16.1. The maximum absolute atomic E-state index is 12.1. The van der Waals surface area contributed by atoms with Crippen LogP contribution in [0.15, 0.2) is 42.5 Å². The molecule has 0 unspecified atom stereocenters. The third-order valence-electron chi connectivity index (χ3n) is 3.09. The van der Waals surface area contributed by atoms with E-state index in [2.05, 4.69) is 0 Å². The standard InChI is InChI=1S/C16H15NO5/c1-3-22-16(18)14-8-7-12(17(19)20)10-15(14)11-5-4-6-13(9-11)21-2/h4-10H,3H2,1-2H3. The number of ether oxygens (including phenoxy) is 2. The van der Waals surface area contributed by atoms with Crippen LogP contribution in [0.2, 0.25) is 0 Å². The molecule has 0 N–H and O–H groups in total. The summed E-state index contributed by atoms with van der Waals surface area (Å²) in [6, 6.07) is 11.0. The molecule has 0 aliphatic rings. The van der Waals surface area contributed by atoms with Crippen molar-refractivity contribution in [2.75, 3.05) is 13.7 Å². The fourth-order valence-corrected chi connectivity index (χ4v) is 2.06. The molecule has 0 amide bonds. The van der Waals surface area contributed by atoms with Gasteiger partial charge in [0.15, 0.2) is 0 Å². The lowest BCUT2D eigenvalue weighted by Gasteiger charge is -2.10. The summed E-state index contributed by atoms with van der Waals surface area (Å²) in [5.41, 5.74) is 1.27. The van der Waals surface area contributed by atoms with E-state index in [1.165, 1.54) is 25.3 Å². The van der Waals surface area contributed by atoms with Crippen molar-refractivity contribution in [3.63, 3.8) is 0 Å². The first-order chi connectivity index (χ1) is 10.6. The van der Waals surface area contributed by atoms with Crippen LogP contribution in [0.1, 0.15) is 17.3 Å². The van der Waals surface area contributed by atoms with Gasteiger partial charge in [-0.05, 0) is 30.7 Å². The minimum Gasteiger partial charge on any atom is -0.497 e. The van der Waals surface area contributed by atoms with Gasteiger partial charge in [-0.3, -0.25) is 10.1 Å². The van der Waals surface area contributed by atoms with Gasteiger partial charge in [0.1, 0.15) is 5.75 Å². The normalized spacial score (nSPS) is 10.1. The van der Waals surface area contributed by atoms with Gasteiger partial charge < -0.3 is 9.47 Å². The van der Waals surface area contributed by atoms with Crippen molar-refractivity contribution in [3.05, 3.63) is 58.1 Å². The third-order valence-corrected chi connectivity index (χ3v) is 3.09. The SMILES string of the molecule is CCOC(=O)c1ccc([N+](=O)[O-])cc1-c1cccc(OC)c1. The Bertz CT molecular complexity index is 711. The predicted octanol–water partition coefficient (Wildman–Crippen LogP) is 3.45. The molecular formula is C16H15NO5. The van der Waals surface area contributed by atoms with Crippen LogP contribution in [0, 0.1) is 10.1 Å². The highest BCUT2D eigenvalue weighted by Gasteiger charge is 2.18. The van der Waals surface area contributed by atoms with Crippen LogP contribution in [0.4, 0.5) is 5.69 Å². The van der Waals surface area contributed by atoms with E-state index >= 15 is 0 Å².